The summed E-state index contributed by atoms with van der Waals surface area (Å²) in [4.78, 5) is 12.8. The van der Waals surface area contributed by atoms with Crippen LogP contribution in [0.25, 0.3) is 23.3 Å². The molecule has 2 aromatic rings. The fourth-order valence-corrected chi connectivity index (χ4v) is 6.92. The second-order valence-electron chi connectivity index (χ2n) is 12.2. The lowest BCUT2D eigenvalue weighted by Crippen LogP contribution is -2.31. The van der Waals surface area contributed by atoms with Crippen LogP contribution in [0.2, 0.25) is 0 Å². The molecule has 1 unspecified atom stereocenters. The predicted octanol–water partition coefficient (Wildman–Crippen LogP) is 7.86. The Balaban J connectivity index is 1.31. The smallest absolute Gasteiger partial charge is 0.159 e. The maximum Gasteiger partial charge on any atom is 0.159 e. The highest BCUT2D eigenvalue weighted by atomic mass is 16.1. The first-order valence-corrected chi connectivity index (χ1v) is 16.5. The van der Waals surface area contributed by atoms with E-state index in [9.17, 15) is 4.79 Å². The summed E-state index contributed by atoms with van der Waals surface area (Å²) in [6, 6.07) is 11.2. The van der Waals surface area contributed by atoms with Crippen molar-refractivity contribution >= 4 is 29.1 Å². The van der Waals surface area contributed by atoms with Crippen LogP contribution in [0.5, 0.6) is 0 Å². The van der Waals surface area contributed by atoms with Crippen molar-refractivity contribution in [2.45, 2.75) is 71.8 Å². The Labute approximate surface area is 269 Å². The van der Waals surface area contributed by atoms with Gasteiger partial charge in [-0.3, -0.25) is 4.79 Å². The largest absolute Gasteiger partial charge is 0.311 e. The number of aryl methyl sites for hydroxylation is 1. The lowest BCUT2D eigenvalue weighted by atomic mass is 9.79. The van der Waals surface area contributed by atoms with Crippen molar-refractivity contribution in [1.82, 2.24) is 5.32 Å². The topological polar surface area (TPSA) is 29.1 Å². The Bertz CT molecular complexity index is 1840. The number of ketones is 1. The Morgan fingerprint density at radius 1 is 1.09 bits per heavy atom. The van der Waals surface area contributed by atoms with E-state index in [1.165, 1.54) is 64.8 Å². The molecule has 1 N–H and O–H groups in total. The number of fused-ring (bicyclic) bond motifs is 1. The van der Waals surface area contributed by atoms with Gasteiger partial charge in [-0.05, 0) is 101 Å². The molecule has 0 aliphatic heterocycles. The highest BCUT2D eigenvalue weighted by Crippen LogP contribution is 2.45. The second-order valence-corrected chi connectivity index (χ2v) is 12.2. The van der Waals surface area contributed by atoms with E-state index in [2.05, 4.69) is 99.0 Å². The summed E-state index contributed by atoms with van der Waals surface area (Å²) >= 11 is 0. The minimum Gasteiger partial charge on any atom is -0.311 e. The normalized spacial score (nSPS) is 18.7. The Hall–Kier alpha value is -4.41. The Morgan fingerprint density at radius 3 is 2.64 bits per heavy atom. The zero-order valence-electron chi connectivity index (χ0n) is 27.1. The summed E-state index contributed by atoms with van der Waals surface area (Å²) in [5.41, 5.74) is 12.9. The van der Waals surface area contributed by atoms with Crippen LogP contribution in [0.1, 0.15) is 80.2 Å². The maximum atomic E-state index is 12.8. The van der Waals surface area contributed by atoms with Crippen LogP contribution in [-0.4, -0.2) is 18.4 Å². The van der Waals surface area contributed by atoms with E-state index in [4.69, 9.17) is 6.42 Å². The number of nitrogens with one attached hydrogen (secondary N) is 1. The SMILES string of the molecule is C#Cc1cc(C(=C=C)C2=CC=C3C(c4cc(=C/C)/c(=C\CC)cc4C)=CC=CC23)ccc1CC(=O)/C=C/CNC1CCCCC1. The molecule has 2 nitrogen and oxygen atoms in total. The molecule has 2 aromatic carbocycles. The number of carbonyl (C=O) groups is 1. The maximum absolute atomic E-state index is 12.8. The number of benzene rings is 2. The molecule has 5 rings (SSSR count). The van der Waals surface area contributed by atoms with Crippen LogP contribution in [-0.2, 0) is 11.2 Å². The zero-order valence-corrected chi connectivity index (χ0v) is 27.1. The third-order valence-corrected chi connectivity index (χ3v) is 9.26. The summed E-state index contributed by atoms with van der Waals surface area (Å²) in [6.45, 7) is 11.3. The number of terminal acetylenes is 1. The van der Waals surface area contributed by atoms with Gasteiger partial charge in [0.25, 0.3) is 0 Å². The monoisotopic (exact) mass is 591 g/mol. The average molecular weight is 592 g/mol. The molecule has 1 saturated carbocycles. The summed E-state index contributed by atoms with van der Waals surface area (Å²) in [7, 11) is 0. The van der Waals surface area contributed by atoms with Gasteiger partial charge in [-0.15, -0.1) is 12.2 Å². The van der Waals surface area contributed by atoms with Crippen molar-refractivity contribution in [2.24, 2.45) is 5.92 Å². The van der Waals surface area contributed by atoms with Crippen molar-refractivity contribution in [3.8, 4) is 12.3 Å². The number of hydrogen-bond donors (Lipinski definition) is 1. The van der Waals surface area contributed by atoms with Gasteiger partial charge in [-0.2, -0.15) is 0 Å². The van der Waals surface area contributed by atoms with E-state index in [1.807, 2.05) is 24.3 Å². The van der Waals surface area contributed by atoms with Gasteiger partial charge in [0.2, 0.25) is 0 Å². The summed E-state index contributed by atoms with van der Waals surface area (Å²) in [6.07, 6.45) is 32.8. The molecule has 0 radical (unpaired) electrons. The molecule has 3 aliphatic rings. The molecule has 0 aromatic heterocycles. The molecule has 0 heterocycles. The number of rotatable bonds is 10. The van der Waals surface area contributed by atoms with Crippen LogP contribution < -0.4 is 15.8 Å². The quantitative estimate of drug-likeness (QED) is 0.173. The van der Waals surface area contributed by atoms with Crippen molar-refractivity contribution < 1.29 is 4.79 Å². The van der Waals surface area contributed by atoms with E-state index >= 15 is 0 Å². The molecule has 0 amide bonds. The van der Waals surface area contributed by atoms with Crippen molar-refractivity contribution in [1.29, 1.82) is 0 Å². The molecule has 0 saturated heterocycles. The second kappa shape index (κ2) is 15.0. The number of allylic oxidation sites excluding steroid dienone is 10. The molecule has 228 valence electrons. The zero-order chi connectivity index (χ0) is 31.8. The highest BCUT2D eigenvalue weighted by molar-refractivity contribution is 5.93. The van der Waals surface area contributed by atoms with Crippen LogP contribution in [0, 0.1) is 25.2 Å². The first-order chi connectivity index (χ1) is 22.0. The average Bonchev–Trinajstić information content (AvgIpc) is 3.49. The molecule has 2 heteroatoms. The van der Waals surface area contributed by atoms with E-state index in [0.717, 1.165) is 40.8 Å². The van der Waals surface area contributed by atoms with Crippen LogP contribution >= 0.6 is 0 Å². The molecule has 0 bridgehead atoms. The van der Waals surface area contributed by atoms with E-state index in [-0.39, 0.29) is 18.1 Å². The van der Waals surface area contributed by atoms with Crippen molar-refractivity contribution in [2.75, 3.05) is 6.54 Å². The van der Waals surface area contributed by atoms with Crippen molar-refractivity contribution in [3.05, 3.63) is 135 Å². The minimum absolute atomic E-state index is 0.0583. The fraction of sp³-hybridized carbons (Fsp3) is 0.302. The standard InChI is InChI=1S/C43H45NO/c1-6-15-33-26-30(5)43(29-32(33)8-3)40-20-13-19-39-41(23-24-42(39)40)38(9-4)35-22-21-34(31(7-2)27-35)28-37(45)18-14-25-44-36-16-11-10-12-17-36/h2,8,13-15,18-24,26-27,29,36,39,44H,4,6,10-12,16-17,25,28H2,1,3,5H3/b18-14+,32-8-,33-15-. The number of carbonyl (C=O) groups excluding carboxylic acids is 1. The molecular weight excluding hydrogens is 546 g/mol. The Kier molecular flexibility index (Phi) is 10.7. The number of hydrogen-bond acceptors (Lipinski definition) is 2. The molecule has 1 fully saturated rings. The lowest BCUT2D eigenvalue weighted by molar-refractivity contribution is -0.114. The molecule has 3 aliphatic carbocycles. The van der Waals surface area contributed by atoms with E-state index < -0.39 is 0 Å². The fourth-order valence-electron chi connectivity index (χ4n) is 6.92. The molecule has 0 spiro atoms. The summed E-state index contributed by atoms with van der Waals surface area (Å²) in [5.74, 6) is 2.99. The van der Waals surface area contributed by atoms with Gasteiger partial charge in [0.15, 0.2) is 5.78 Å². The van der Waals surface area contributed by atoms with Crippen LogP contribution in [0.4, 0.5) is 0 Å². The lowest BCUT2D eigenvalue weighted by Gasteiger charge is -2.24. The molecule has 45 heavy (non-hydrogen) atoms. The van der Waals surface area contributed by atoms with Crippen LogP contribution in [0.3, 0.4) is 0 Å². The first kappa shape index (κ1) is 32.0. The highest BCUT2D eigenvalue weighted by Gasteiger charge is 2.29. The van der Waals surface area contributed by atoms with Crippen LogP contribution in [0.15, 0.2) is 96.3 Å². The molecule has 1 atom stereocenters. The molecular formula is C43H45NO. The van der Waals surface area contributed by atoms with Gasteiger partial charge in [-0.25, -0.2) is 0 Å². The summed E-state index contributed by atoms with van der Waals surface area (Å²) < 4.78 is 0. The minimum atomic E-state index is 0.0583. The van der Waals surface area contributed by atoms with Gasteiger partial charge in [0.1, 0.15) is 0 Å². The van der Waals surface area contributed by atoms with E-state index in [0.29, 0.717) is 6.04 Å². The predicted molar refractivity (Wildman–Crippen MR) is 192 cm³/mol. The van der Waals surface area contributed by atoms with Gasteiger partial charge >= 0.3 is 0 Å². The Morgan fingerprint density at radius 2 is 1.91 bits per heavy atom. The van der Waals surface area contributed by atoms with Gasteiger partial charge in [-0.1, -0.05) is 105 Å². The first-order valence-electron chi connectivity index (χ1n) is 16.5. The summed E-state index contributed by atoms with van der Waals surface area (Å²) in [5, 5.41) is 6.10. The van der Waals surface area contributed by atoms with Gasteiger partial charge in [0.05, 0.1) is 0 Å². The van der Waals surface area contributed by atoms with Crippen molar-refractivity contribution in [3.63, 3.8) is 0 Å². The van der Waals surface area contributed by atoms with Gasteiger partial charge < -0.3 is 5.32 Å². The van der Waals surface area contributed by atoms with Gasteiger partial charge in [0, 0.05) is 36.1 Å². The third-order valence-electron chi connectivity index (χ3n) is 9.26. The third kappa shape index (κ3) is 7.29. The van der Waals surface area contributed by atoms with E-state index in [1.54, 1.807) is 6.08 Å².